The van der Waals surface area contributed by atoms with Crippen LogP contribution in [0, 0.1) is 5.82 Å². The molecule has 1 aromatic carbocycles. The first-order valence-electron chi connectivity index (χ1n) is 4.97. The zero-order chi connectivity index (χ0) is 9.80. The smallest absolute Gasteiger partial charge is 0.123 e. The lowest BCUT2D eigenvalue weighted by atomic mass is 10.2. The van der Waals surface area contributed by atoms with Gasteiger partial charge in [0.1, 0.15) is 5.82 Å². The lowest BCUT2D eigenvalue weighted by Crippen LogP contribution is -2.29. The highest BCUT2D eigenvalue weighted by molar-refractivity contribution is 8.00. The van der Waals surface area contributed by atoms with Gasteiger partial charge < -0.3 is 5.32 Å². The van der Waals surface area contributed by atoms with Crippen molar-refractivity contribution in [3.63, 3.8) is 0 Å². The van der Waals surface area contributed by atoms with Gasteiger partial charge in [0, 0.05) is 10.1 Å². The van der Waals surface area contributed by atoms with Gasteiger partial charge in [0.15, 0.2) is 0 Å². The average molecular weight is 248 g/mol. The number of rotatable bonds is 2. The molecule has 4 heteroatoms. The largest absolute Gasteiger partial charge is 0.317 e. The van der Waals surface area contributed by atoms with Gasteiger partial charge in [-0.25, -0.2) is 4.39 Å². The van der Waals surface area contributed by atoms with E-state index in [1.165, 1.54) is 29.9 Å². The Morgan fingerprint density at radius 3 is 2.33 bits per heavy atom. The molecule has 15 heavy (non-hydrogen) atoms. The summed E-state index contributed by atoms with van der Waals surface area (Å²) < 4.78 is 12.6. The van der Waals surface area contributed by atoms with Crippen LogP contribution in [-0.2, 0) is 0 Å². The average Bonchev–Trinajstić information content (AvgIpc) is 2.23. The molecule has 84 valence electrons. The second-order valence-corrected chi connectivity index (χ2v) is 4.89. The summed E-state index contributed by atoms with van der Waals surface area (Å²) in [6, 6.07) is 6.79. The van der Waals surface area contributed by atoms with E-state index in [9.17, 15) is 4.39 Å². The molecule has 1 nitrogen and oxygen atoms in total. The summed E-state index contributed by atoms with van der Waals surface area (Å²) in [5, 5.41) is 4.03. The van der Waals surface area contributed by atoms with E-state index in [0.717, 1.165) is 13.1 Å². The first-order valence-corrected chi connectivity index (χ1v) is 5.85. The maximum Gasteiger partial charge on any atom is 0.123 e. The van der Waals surface area contributed by atoms with Crippen molar-refractivity contribution in [3.8, 4) is 0 Å². The van der Waals surface area contributed by atoms with Gasteiger partial charge in [-0.1, -0.05) is 0 Å². The number of thioether (sulfide) groups is 1. The number of hydrogen-bond donors (Lipinski definition) is 1. The Kier molecular flexibility index (Phi) is 5.43. The predicted molar refractivity (Wildman–Crippen MR) is 65.4 cm³/mol. The van der Waals surface area contributed by atoms with Gasteiger partial charge in [-0.15, -0.1) is 24.2 Å². The maximum atomic E-state index is 12.6. The molecule has 0 bridgehead atoms. The lowest BCUT2D eigenvalue weighted by Gasteiger charge is -2.21. The first-order chi connectivity index (χ1) is 6.84. The van der Waals surface area contributed by atoms with Gasteiger partial charge in [-0.2, -0.15) is 0 Å². The van der Waals surface area contributed by atoms with E-state index in [-0.39, 0.29) is 18.2 Å². The molecule has 0 amide bonds. The van der Waals surface area contributed by atoms with Gasteiger partial charge in [0.2, 0.25) is 0 Å². The summed E-state index contributed by atoms with van der Waals surface area (Å²) in [5.41, 5.74) is 0. The quantitative estimate of drug-likeness (QED) is 0.862. The van der Waals surface area contributed by atoms with Crippen LogP contribution in [-0.4, -0.2) is 18.3 Å². The fraction of sp³-hybridized carbons (Fsp3) is 0.455. The second kappa shape index (κ2) is 6.36. The Balaban J connectivity index is 0.00000112. The van der Waals surface area contributed by atoms with Gasteiger partial charge in [0.05, 0.1) is 0 Å². The highest BCUT2D eigenvalue weighted by Gasteiger charge is 2.13. The molecule has 0 aliphatic carbocycles. The van der Waals surface area contributed by atoms with Crippen molar-refractivity contribution in [3.05, 3.63) is 30.1 Å². The van der Waals surface area contributed by atoms with Crippen LogP contribution in [0.1, 0.15) is 12.8 Å². The lowest BCUT2D eigenvalue weighted by molar-refractivity contribution is 0.531. The van der Waals surface area contributed by atoms with Crippen molar-refractivity contribution in [1.29, 1.82) is 0 Å². The Hall–Kier alpha value is -0.250. The molecule has 1 aliphatic rings. The minimum absolute atomic E-state index is 0. The molecule has 2 rings (SSSR count). The van der Waals surface area contributed by atoms with Crippen molar-refractivity contribution in [2.75, 3.05) is 13.1 Å². The second-order valence-electron chi connectivity index (χ2n) is 3.52. The topological polar surface area (TPSA) is 12.0 Å². The standard InChI is InChI=1S/C11H14FNS.ClH/c12-9-1-3-10(4-2-9)14-11-5-7-13-8-6-11;/h1-4,11,13H,5-8H2;1H. The van der Waals surface area contributed by atoms with Crippen LogP contribution in [0.4, 0.5) is 4.39 Å². The minimum Gasteiger partial charge on any atom is -0.317 e. The number of halogens is 2. The molecule has 0 aromatic heterocycles. The summed E-state index contributed by atoms with van der Waals surface area (Å²) in [7, 11) is 0. The number of benzene rings is 1. The van der Waals surface area contributed by atoms with Crippen LogP contribution >= 0.6 is 24.2 Å². The fourth-order valence-electron chi connectivity index (χ4n) is 1.62. The summed E-state index contributed by atoms with van der Waals surface area (Å²) >= 11 is 1.87. The van der Waals surface area contributed by atoms with E-state index in [0.29, 0.717) is 5.25 Å². The molecule has 0 unspecified atom stereocenters. The molecular weight excluding hydrogens is 233 g/mol. The zero-order valence-electron chi connectivity index (χ0n) is 8.41. The highest BCUT2D eigenvalue weighted by Crippen LogP contribution is 2.28. The molecule has 1 saturated heterocycles. The van der Waals surface area contributed by atoms with E-state index in [2.05, 4.69) is 5.32 Å². The van der Waals surface area contributed by atoms with Crippen LogP contribution in [0.15, 0.2) is 29.2 Å². The third kappa shape index (κ3) is 4.01. The van der Waals surface area contributed by atoms with Crippen LogP contribution in [0.5, 0.6) is 0 Å². The monoisotopic (exact) mass is 247 g/mol. The molecule has 1 aromatic rings. The molecule has 0 spiro atoms. The maximum absolute atomic E-state index is 12.6. The van der Waals surface area contributed by atoms with Crippen molar-refractivity contribution >= 4 is 24.2 Å². The van der Waals surface area contributed by atoms with E-state index < -0.39 is 0 Å². The summed E-state index contributed by atoms with van der Waals surface area (Å²) in [6.45, 7) is 2.22. The minimum atomic E-state index is -0.153. The Morgan fingerprint density at radius 1 is 1.13 bits per heavy atom. The first kappa shape index (κ1) is 12.8. The molecule has 0 saturated carbocycles. The van der Waals surface area contributed by atoms with Crippen LogP contribution in [0.25, 0.3) is 0 Å². The summed E-state index contributed by atoms with van der Waals surface area (Å²) in [6.07, 6.45) is 2.42. The third-order valence-electron chi connectivity index (χ3n) is 2.40. The number of piperidine rings is 1. The third-order valence-corrected chi connectivity index (χ3v) is 3.75. The molecular formula is C11H15ClFNS. The predicted octanol–water partition coefficient (Wildman–Crippen LogP) is 3.09. The van der Waals surface area contributed by atoms with Crippen molar-refractivity contribution in [1.82, 2.24) is 5.32 Å². The SMILES string of the molecule is Cl.Fc1ccc(SC2CCNCC2)cc1. The summed E-state index contributed by atoms with van der Waals surface area (Å²) in [4.78, 5) is 1.18. The van der Waals surface area contributed by atoms with E-state index in [1.807, 2.05) is 23.9 Å². The van der Waals surface area contributed by atoms with E-state index >= 15 is 0 Å². The van der Waals surface area contributed by atoms with E-state index in [4.69, 9.17) is 0 Å². The zero-order valence-corrected chi connectivity index (χ0v) is 10.0. The fourth-order valence-corrected chi connectivity index (χ4v) is 2.77. The van der Waals surface area contributed by atoms with Crippen molar-refractivity contribution < 1.29 is 4.39 Å². The van der Waals surface area contributed by atoms with Crippen LogP contribution in [0.2, 0.25) is 0 Å². The Bertz CT molecular complexity index is 285. The van der Waals surface area contributed by atoms with E-state index in [1.54, 1.807) is 0 Å². The molecule has 0 radical (unpaired) electrons. The van der Waals surface area contributed by atoms with Gasteiger partial charge in [-0.05, 0) is 50.2 Å². The van der Waals surface area contributed by atoms with Crippen molar-refractivity contribution in [2.45, 2.75) is 23.0 Å². The Labute approximate surface area is 100 Å². The number of hydrogen-bond acceptors (Lipinski definition) is 2. The van der Waals surface area contributed by atoms with Gasteiger partial charge in [-0.3, -0.25) is 0 Å². The highest BCUT2D eigenvalue weighted by atomic mass is 35.5. The Morgan fingerprint density at radius 2 is 1.73 bits per heavy atom. The molecule has 1 N–H and O–H groups in total. The van der Waals surface area contributed by atoms with Gasteiger partial charge in [0.25, 0.3) is 0 Å². The molecule has 1 heterocycles. The molecule has 0 atom stereocenters. The number of nitrogens with one attached hydrogen (secondary N) is 1. The molecule has 1 fully saturated rings. The normalized spacial score (nSPS) is 17.1. The van der Waals surface area contributed by atoms with Gasteiger partial charge >= 0.3 is 0 Å². The van der Waals surface area contributed by atoms with Crippen molar-refractivity contribution in [2.24, 2.45) is 0 Å². The van der Waals surface area contributed by atoms with Crippen LogP contribution in [0.3, 0.4) is 0 Å². The van der Waals surface area contributed by atoms with Crippen LogP contribution < -0.4 is 5.32 Å². The summed E-state index contributed by atoms with van der Waals surface area (Å²) in [5.74, 6) is -0.153. The molecule has 1 aliphatic heterocycles.